The highest BCUT2D eigenvalue weighted by atomic mass is 35.5. The number of anilines is 1. The number of nitrogens with one attached hydrogen (secondary N) is 1. The molecular formula is C18H19ClN2O3S. The van der Waals surface area contributed by atoms with Crippen LogP contribution in [-0.2, 0) is 10.0 Å². The number of rotatable bonds is 4. The van der Waals surface area contributed by atoms with Gasteiger partial charge in [-0.2, -0.15) is 0 Å². The number of sulfonamides is 1. The van der Waals surface area contributed by atoms with E-state index in [1.54, 1.807) is 36.4 Å². The van der Waals surface area contributed by atoms with Crippen LogP contribution in [0.2, 0.25) is 5.02 Å². The summed E-state index contributed by atoms with van der Waals surface area (Å²) in [6.07, 6.45) is 3.18. The first kappa shape index (κ1) is 17.8. The molecule has 0 bridgehead atoms. The average molecular weight is 379 g/mol. The maximum atomic E-state index is 12.5. The Morgan fingerprint density at radius 2 is 1.60 bits per heavy atom. The Morgan fingerprint density at radius 3 is 2.24 bits per heavy atom. The maximum Gasteiger partial charge on any atom is 0.261 e. The van der Waals surface area contributed by atoms with Gasteiger partial charge in [0.15, 0.2) is 0 Å². The average Bonchev–Trinajstić information content (AvgIpc) is 2.64. The van der Waals surface area contributed by atoms with Gasteiger partial charge in [-0.15, -0.1) is 0 Å². The fourth-order valence-corrected chi connectivity index (χ4v) is 4.12. The molecule has 0 radical (unpaired) electrons. The van der Waals surface area contributed by atoms with Crippen LogP contribution in [0.4, 0.5) is 5.69 Å². The monoisotopic (exact) mass is 378 g/mol. The van der Waals surface area contributed by atoms with Crippen molar-refractivity contribution in [3.63, 3.8) is 0 Å². The Kier molecular flexibility index (Phi) is 5.30. The number of nitrogens with zero attached hydrogens (tertiary/aromatic N) is 1. The summed E-state index contributed by atoms with van der Waals surface area (Å²) in [7, 11) is -3.76. The smallest absolute Gasteiger partial charge is 0.261 e. The number of likely N-dealkylation sites (tertiary alicyclic amines) is 1. The van der Waals surface area contributed by atoms with Crippen LogP contribution in [0.3, 0.4) is 0 Å². The largest absolute Gasteiger partial charge is 0.339 e. The summed E-state index contributed by atoms with van der Waals surface area (Å²) < 4.78 is 27.4. The zero-order valence-electron chi connectivity index (χ0n) is 13.6. The van der Waals surface area contributed by atoms with Crippen LogP contribution in [-0.4, -0.2) is 32.3 Å². The van der Waals surface area contributed by atoms with Crippen LogP contribution >= 0.6 is 11.6 Å². The van der Waals surface area contributed by atoms with Crippen molar-refractivity contribution in [2.75, 3.05) is 17.8 Å². The van der Waals surface area contributed by atoms with Gasteiger partial charge in [0.2, 0.25) is 0 Å². The molecule has 1 saturated heterocycles. The lowest BCUT2D eigenvalue weighted by molar-refractivity contribution is 0.0724. The molecule has 7 heteroatoms. The summed E-state index contributed by atoms with van der Waals surface area (Å²) in [5.41, 5.74) is 0.816. The fourth-order valence-electron chi connectivity index (χ4n) is 2.80. The van der Waals surface area contributed by atoms with E-state index in [1.807, 2.05) is 4.90 Å². The second-order valence-corrected chi connectivity index (χ2v) is 8.05. The molecule has 1 amide bonds. The van der Waals surface area contributed by atoms with Crippen LogP contribution in [0.25, 0.3) is 0 Å². The van der Waals surface area contributed by atoms with Crippen LogP contribution in [0, 0.1) is 0 Å². The van der Waals surface area contributed by atoms with Gasteiger partial charge in [-0.1, -0.05) is 23.7 Å². The summed E-state index contributed by atoms with van der Waals surface area (Å²) >= 11 is 5.99. The molecule has 0 saturated carbocycles. The third-order valence-corrected chi connectivity index (χ3v) is 5.88. The third kappa shape index (κ3) is 4.14. The van der Waals surface area contributed by atoms with Crippen molar-refractivity contribution in [1.82, 2.24) is 4.90 Å². The Morgan fingerprint density at radius 1 is 0.960 bits per heavy atom. The lowest BCUT2D eigenvalue weighted by Gasteiger charge is -2.26. The molecule has 2 aromatic carbocycles. The van der Waals surface area contributed by atoms with E-state index in [0.29, 0.717) is 16.3 Å². The number of carbonyl (C=O) groups excluding carboxylic acids is 1. The summed E-state index contributed by atoms with van der Waals surface area (Å²) in [5, 5.41) is 0.322. The minimum atomic E-state index is -3.76. The number of piperidine rings is 1. The maximum absolute atomic E-state index is 12.5. The molecule has 1 aliphatic rings. The van der Waals surface area contributed by atoms with E-state index in [9.17, 15) is 13.2 Å². The Labute approximate surface area is 152 Å². The Bertz CT molecular complexity index is 860. The number of amides is 1. The van der Waals surface area contributed by atoms with Crippen LogP contribution in [0.15, 0.2) is 53.4 Å². The van der Waals surface area contributed by atoms with Gasteiger partial charge in [0.05, 0.1) is 15.6 Å². The summed E-state index contributed by atoms with van der Waals surface area (Å²) in [6, 6.07) is 12.6. The predicted molar refractivity (Wildman–Crippen MR) is 98.5 cm³/mol. The van der Waals surface area contributed by atoms with Crippen molar-refractivity contribution in [1.29, 1.82) is 0 Å². The molecule has 1 N–H and O–H groups in total. The number of hydrogen-bond acceptors (Lipinski definition) is 3. The van der Waals surface area contributed by atoms with Gasteiger partial charge in [0.1, 0.15) is 0 Å². The summed E-state index contributed by atoms with van der Waals surface area (Å²) in [6.45, 7) is 1.51. The first-order chi connectivity index (χ1) is 12.0. The van der Waals surface area contributed by atoms with E-state index in [1.165, 1.54) is 12.1 Å². The van der Waals surface area contributed by atoms with Gasteiger partial charge in [0, 0.05) is 18.7 Å². The Hall–Kier alpha value is -2.05. The van der Waals surface area contributed by atoms with E-state index in [0.717, 1.165) is 32.4 Å². The number of hydrogen-bond donors (Lipinski definition) is 1. The third-order valence-electron chi connectivity index (χ3n) is 4.17. The van der Waals surface area contributed by atoms with Crippen molar-refractivity contribution < 1.29 is 13.2 Å². The van der Waals surface area contributed by atoms with Crippen molar-refractivity contribution in [3.8, 4) is 0 Å². The van der Waals surface area contributed by atoms with Crippen molar-refractivity contribution in [3.05, 3.63) is 59.1 Å². The van der Waals surface area contributed by atoms with E-state index in [4.69, 9.17) is 11.6 Å². The van der Waals surface area contributed by atoms with Gasteiger partial charge in [-0.25, -0.2) is 8.42 Å². The van der Waals surface area contributed by atoms with E-state index in [-0.39, 0.29) is 10.8 Å². The highest BCUT2D eigenvalue weighted by molar-refractivity contribution is 7.92. The number of halogens is 1. The highest BCUT2D eigenvalue weighted by Crippen LogP contribution is 2.24. The quantitative estimate of drug-likeness (QED) is 0.880. The van der Waals surface area contributed by atoms with Crippen LogP contribution in [0.1, 0.15) is 29.6 Å². The van der Waals surface area contributed by atoms with E-state index < -0.39 is 10.0 Å². The zero-order chi connectivity index (χ0) is 17.9. The van der Waals surface area contributed by atoms with E-state index in [2.05, 4.69) is 4.72 Å². The summed E-state index contributed by atoms with van der Waals surface area (Å²) in [4.78, 5) is 14.3. The molecule has 1 heterocycles. The van der Waals surface area contributed by atoms with E-state index >= 15 is 0 Å². The molecule has 1 aliphatic heterocycles. The van der Waals surface area contributed by atoms with Crippen LogP contribution < -0.4 is 4.72 Å². The minimum Gasteiger partial charge on any atom is -0.339 e. The number of carbonyl (C=O) groups is 1. The van der Waals surface area contributed by atoms with Gasteiger partial charge in [0.25, 0.3) is 15.9 Å². The molecule has 25 heavy (non-hydrogen) atoms. The molecule has 132 valence electrons. The first-order valence-electron chi connectivity index (χ1n) is 8.14. The molecule has 3 rings (SSSR count). The second-order valence-electron chi connectivity index (χ2n) is 5.96. The normalized spacial score (nSPS) is 15.0. The van der Waals surface area contributed by atoms with Gasteiger partial charge < -0.3 is 4.90 Å². The molecule has 0 unspecified atom stereocenters. The lowest BCUT2D eigenvalue weighted by Crippen LogP contribution is -2.35. The van der Waals surface area contributed by atoms with Crippen LogP contribution in [0.5, 0.6) is 0 Å². The molecule has 0 aliphatic carbocycles. The molecular weight excluding hydrogens is 360 g/mol. The van der Waals surface area contributed by atoms with Gasteiger partial charge in [-0.05, 0) is 55.7 Å². The standard InChI is InChI=1S/C18H19ClN2O3S/c19-16-6-2-3-7-17(16)20-25(23,24)15-10-8-14(9-11-15)18(22)21-12-4-1-5-13-21/h2-3,6-11,20H,1,4-5,12-13H2. The van der Waals surface area contributed by atoms with Crippen molar-refractivity contribution in [2.24, 2.45) is 0 Å². The number of benzene rings is 2. The topological polar surface area (TPSA) is 66.5 Å². The SMILES string of the molecule is O=C(c1ccc(S(=O)(=O)Nc2ccccc2Cl)cc1)N1CCCCC1. The highest BCUT2D eigenvalue weighted by Gasteiger charge is 2.20. The minimum absolute atomic E-state index is 0.0530. The fraction of sp³-hybridized carbons (Fsp3) is 0.278. The molecule has 1 fully saturated rings. The first-order valence-corrected chi connectivity index (χ1v) is 10.0. The zero-order valence-corrected chi connectivity index (χ0v) is 15.2. The van der Waals surface area contributed by atoms with Crippen molar-refractivity contribution in [2.45, 2.75) is 24.2 Å². The summed E-state index contributed by atoms with van der Waals surface area (Å²) in [5.74, 6) is -0.0530. The molecule has 2 aromatic rings. The van der Waals surface area contributed by atoms with Crippen molar-refractivity contribution >= 4 is 33.2 Å². The van der Waals surface area contributed by atoms with Gasteiger partial charge >= 0.3 is 0 Å². The molecule has 5 nitrogen and oxygen atoms in total. The Balaban J connectivity index is 1.77. The lowest BCUT2D eigenvalue weighted by atomic mass is 10.1. The van der Waals surface area contributed by atoms with Gasteiger partial charge in [-0.3, -0.25) is 9.52 Å². The molecule has 0 spiro atoms. The predicted octanol–water partition coefficient (Wildman–Crippen LogP) is 3.77. The number of para-hydroxylation sites is 1. The second kappa shape index (κ2) is 7.45. The molecule has 0 atom stereocenters. The molecule has 0 aromatic heterocycles.